The van der Waals surface area contributed by atoms with Crippen molar-refractivity contribution in [3.8, 4) is 0 Å². The van der Waals surface area contributed by atoms with Gasteiger partial charge in [-0.2, -0.15) is 0 Å². The van der Waals surface area contributed by atoms with Crippen molar-refractivity contribution in [1.29, 1.82) is 0 Å². The molecule has 1 rings (SSSR count). The van der Waals surface area contributed by atoms with Crippen LogP contribution in [0.4, 0.5) is 0 Å². The van der Waals surface area contributed by atoms with Gasteiger partial charge in [0.15, 0.2) is 0 Å². The Morgan fingerprint density at radius 2 is 2.07 bits per heavy atom. The Balaban J connectivity index is 2.29. The van der Waals surface area contributed by atoms with Crippen molar-refractivity contribution in [3.63, 3.8) is 0 Å². The molecule has 1 saturated carbocycles. The highest BCUT2D eigenvalue weighted by Crippen LogP contribution is 2.48. The smallest absolute Gasteiger partial charge is 0.0587 e. The van der Waals surface area contributed by atoms with E-state index in [4.69, 9.17) is 4.74 Å². The normalized spacial score (nSPS) is 20.6. The van der Waals surface area contributed by atoms with E-state index in [1.165, 1.54) is 19.3 Å². The van der Waals surface area contributed by atoms with Crippen molar-refractivity contribution in [2.24, 2.45) is 17.3 Å². The summed E-state index contributed by atoms with van der Waals surface area (Å²) in [5, 5.41) is 3.53. The summed E-state index contributed by atoms with van der Waals surface area (Å²) in [6.07, 6.45) is 4.22. The van der Waals surface area contributed by atoms with Gasteiger partial charge in [0, 0.05) is 20.2 Å². The lowest BCUT2D eigenvalue weighted by Gasteiger charge is -2.32. The van der Waals surface area contributed by atoms with Gasteiger partial charge in [0.05, 0.1) is 6.61 Å². The van der Waals surface area contributed by atoms with Gasteiger partial charge in [-0.15, -0.1) is 0 Å². The van der Waals surface area contributed by atoms with E-state index in [1.807, 2.05) is 0 Å². The van der Waals surface area contributed by atoms with Crippen molar-refractivity contribution < 1.29 is 4.74 Å². The maximum Gasteiger partial charge on any atom is 0.0587 e. The van der Waals surface area contributed by atoms with Crippen LogP contribution >= 0.6 is 0 Å². The zero-order valence-corrected chi connectivity index (χ0v) is 10.8. The molecule has 1 fully saturated rings. The molecule has 0 bridgehead atoms. The number of methoxy groups -OCH3 is 1. The molecule has 2 heteroatoms. The third-order valence-corrected chi connectivity index (χ3v) is 3.45. The van der Waals surface area contributed by atoms with Gasteiger partial charge >= 0.3 is 0 Å². The molecule has 15 heavy (non-hydrogen) atoms. The van der Waals surface area contributed by atoms with Gasteiger partial charge in [0.2, 0.25) is 0 Å². The minimum absolute atomic E-state index is 0.516. The summed E-state index contributed by atoms with van der Waals surface area (Å²) in [6, 6.07) is 0. The summed E-state index contributed by atoms with van der Waals surface area (Å²) in [6.45, 7) is 10.1. The Morgan fingerprint density at radius 1 is 1.40 bits per heavy atom. The highest BCUT2D eigenvalue weighted by atomic mass is 16.5. The first kappa shape index (κ1) is 13.0. The Hall–Kier alpha value is -0.0800. The van der Waals surface area contributed by atoms with Crippen LogP contribution < -0.4 is 5.32 Å². The van der Waals surface area contributed by atoms with Gasteiger partial charge in [-0.1, -0.05) is 20.8 Å². The van der Waals surface area contributed by atoms with Gasteiger partial charge in [0.1, 0.15) is 0 Å². The van der Waals surface area contributed by atoms with E-state index in [0.29, 0.717) is 5.41 Å². The number of ether oxygens (including phenoxy) is 1. The summed E-state index contributed by atoms with van der Waals surface area (Å²) in [4.78, 5) is 0. The first-order valence-electron chi connectivity index (χ1n) is 6.28. The third kappa shape index (κ3) is 4.52. The van der Waals surface area contributed by atoms with E-state index in [-0.39, 0.29) is 0 Å². The molecule has 0 aliphatic heterocycles. The standard InChI is InChI=1S/C13H27NO/c1-11(2)9-13(3,12-5-6-12)10-14-7-8-15-4/h11-12,14H,5-10H2,1-4H3. The monoisotopic (exact) mass is 213 g/mol. The van der Waals surface area contributed by atoms with Crippen LogP contribution in [0.25, 0.3) is 0 Å². The number of hydrogen-bond acceptors (Lipinski definition) is 2. The van der Waals surface area contributed by atoms with Gasteiger partial charge in [-0.05, 0) is 36.5 Å². The van der Waals surface area contributed by atoms with Crippen LogP contribution in [-0.2, 0) is 4.74 Å². The molecule has 0 heterocycles. The molecule has 0 aromatic heterocycles. The molecule has 2 nitrogen and oxygen atoms in total. The molecule has 0 radical (unpaired) electrons. The fraction of sp³-hybridized carbons (Fsp3) is 1.00. The highest BCUT2D eigenvalue weighted by Gasteiger charge is 2.41. The molecule has 1 aliphatic carbocycles. The van der Waals surface area contributed by atoms with Crippen LogP contribution in [0.2, 0.25) is 0 Å². The van der Waals surface area contributed by atoms with Gasteiger partial charge < -0.3 is 10.1 Å². The average molecular weight is 213 g/mol. The SMILES string of the molecule is COCCNCC(C)(CC(C)C)C1CC1. The van der Waals surface area contributed by atoms with E-state index in [2.05, 4.69) is 26.1 Å². The average Bonchev–Trinajstić information content (AvgIpc) is 2.94. The minimum atomic E-state index is 0.516. The zero-order chi connectivity index (χ0) is 11.3. The zero-order valence-electron chi connectivity index (χ0n) is 10.8. The molecule has 1 unspecified atom stereocenters. The Kier molecular flexibility index (Phi) is 5.07. The third-order valence-electron chi connectivity index (χ3n) is 3.45. The number of nitrogens with one attached hydrogen (secondary N) is 1. The quantitative estimate of drug-likeness (QED) is 0.626. The fourth-order valence-corrected chi connectivity index (χ4v) is 2.64. The molecule has 0 amide bonds. The van der Waals surface area contributed by atoms with Crippen LogP contribution in [0.1, 0.15) is 40.0 Å². The lowest BCUT2D eigenvalue weighted by molar-refractivity contribution is 0.175. The van der Waals surface area contributed by atoms with Crippen LogP contribution in [0.15, 0.2) is 0 Å². The molecule has 0 saturated heterocycles. The lowest BCUT2D eigenvalue weighted by atomic mass is 9.77. The van der Waals surface area contributed by atoms with E-state index in [9.17, 15) is 0 Å². The van der Waals surface area contributed by atoms with Crippen LogP contribution in [0, 0.1) is 17.3 Å². The van der Waals surface area contributed by atoms with Crippen molar-refractivity contribution in [2.75, 3.05) is 26.8 Å². The maximum atomic E-state index is 5.05. The summed E-state index contributed by atoms with van der Waals surface area (Å²) in [5.74, 6) is 1.77. The summed E-state index contributed by atoms with van der Waals surface area (Å²) in [7, 11) is 1.76. The largest absolute Gasteiger partial charge is 0.383 e. The Morgan fingerprint density at radius 3 is 2.53 bits per heavy atom. The van der Waals surface area contributed by atoms with Crippen molar-refractivity contribution in [1.82, 2.24) is 5.32 Å². The van der Waals surface area contributed by atoms with Gasteiger partial charge in [-0.25, -0.2) is 0 Å². The number of rotatable bonds is 8. The predicted octanol–water partition coefficient (Wildman–Crippen LogP) is 2.68. The molecule has 0 aromatic carbocycles. The lowest BCUT2D eigenvalue weighted by Crippen LogP contribution is -2.36. The van der Waals surface area contributed by atoms with Crippen molar-refractivity contribution in [3.05, 3.63) is 0 Å². The fourth-order valence-electron chi connectivity index (χ4n) is 2.64. The minimum Gasteiger partial charge on any atom is -0.383 e. The van der Waals surface area contributed by atoms with Crippen LogP contribution in [0.3, 0.4) is 0 Å². The van der Waals surface area contributed by atoms with E-state index in [1.54, 1.807) is 7.11 Å². The van der Waals surface area contributed by atoms with Crippen molar-refractivity contribution in [2.45, 2.75) is 40.0 Å². The molecular weight excluding hydrogens is 186 g/mol. The molecule has 1 N–H and O–H groups in total. The maximum absolute atomic E-state index is 5.05. The Bertz CT molecular complexity index is 177. The first-order valence-corrected chi connectivity index (χ1v) is 6.28. The second-order valence-corrected chi connectivity index (χ2v) is 5.70. The van der Waals surface area contributed by atoms with E-state index >= 15 is 0 Å². The molecule has 0 aromatic rings. The summed E-state index contributed by atoms with van der Waals surface area (Å²) < 4.78 is 5.05. The van der Waals surface area contributed by atoms with Crippen LogP contribution in [0.5, 0.6) is 0 Å². The molecule has 90 valence electrons. The first-order chi connectivity index (χ1) is 7.08. The summed E-state index contributed by atoms with van der Waals surface area (Å²) >= 11 is 0. The Labute approximate surface area is 94.8 Å². The predicted molar refractivity (Wildman–Crippen MR) is 65.0 cm³/mol. The van der Waals surface area contributed by atoms with Crippen molar-refractivity contribution >= 4 is 0 Å². The topological polar surface area (TPSA) is 21.3 Å². The van der Waals surface area contributed by atoms with E-state index in [0.717, 1.165) is 31.5 Å². The summed E-state index contributed by atoms with van der Waals surface area (Å²) in [5.41, 5.74) is 0.516. The molecule has 1 atom stereocenters. The second-order valence-electron chi connectivity index (χ2n) is 5.70. The number of hydrogen-bond donors (Lipinski definition) is 1. The molecule has 1 aliphatic rings. The molecule has 0 spiro atoms. The second kappa shape index (κ2) is 5.86. The highest BCUT2D eigenvalue weighted by molar-refractivity contribution is 4.93. The van der Waals surface area contributed by atoms with Gasteiger partial charge in [0.25, 0.3) is 0 Å². The van der Waals surface area contributed by atoms with E-state index < -0.39 is 0 Å². The van der Waals surface area contributed by atoms with Crippen LogP contribution in [-0.4, -0.2) is 26.8 Å². The van der Waals surface area contributed by atoms with Gasteiger partial charge in [-0.3, -0.25) is 0 Å². The molecular formula is C13H27NO.